The first kappa shape index (κ1) is 18.5. The van der Waals surface area contributed by atoms with E-state index < -0.39 is 4.92 Å². The number of rotatable bonds is 6. The van der Waals surface area contributed by atoms with Gasteiger partial charge in [0.1, 0.15) is 0 Å². The number of nitro benzene ring substituents is 1. The minimum atomic E-state index is -0.449. The molecule has 0 unspecified atom stereocenters. The third kappa shape index (κ3) is 4.68. The molecule has 0 aliphatic carbocycles. The van der Waals surface area contributed by atoms with Crippen LogP contribution in [0.2, 0.25) is 0 Å². The summed E-state index contributed by atoms with van der Waals surface area (Å²) in [6.45, 7) is 5.35. The number of carbonyl (C=O) groups excluding carboxylic acids is 1. The Bertz CT molecular complexity index is 768. The summed E-state index contributed by atoms with van der Waals surface area (Å²) in [5.74, 6) is 0.215. The maximum absolute atomic E-state index is 12.3. The number of nitrogens with zero attached hydrogens (tertiary/aromatic N) is 2. The zero-order valence-electron chi connectivity index (χ0n) is 14.8. The summed E-state index contributed by atoms with van der Waals surface area (Å²) in [6, 6.07) is 6.78. The molecule has 1 fully saturated rings. The van der Waals surface area contributed by atoms with Crippen molar-refractivity contribution in [1.29, 1.82) is 0 Å². The van der Waals surface area contributed by atoms with Gasteiger partial charge in [0.25, 0.3) is 11.6 Å². The Kier molecular flexibility index (Phi) is 6.00. The van der Waals surface area contributed by atoms with Gasteiger partial charge in [0.2, 0.25) is 0 Å². The predicted molar refractivity (Wildman–Crippen MR) is 102 cm³/mol. The lowest BCUT2D eigenvalue weighted by Crippen LogP contribution is -2.38. The van der Waals surface area contributed by atoms with Crippen LogP contribution in [0.25, 0.3) is 0 Å². The molecule has 1 N–H and O–H groups in total. The second-order valence-corrected chi connectivity index (χ2v) is 7.60. The van der Waals surface area contributed by atoms with Gasteiger partial charge in [0, 0.05) is 30.3 Å². The zero-order chi connectivity index (χ0) is 18.5. The number of nitrogens with one attached hydrogen (secondary N) is 1. The Balaban J connectivity index is 1.47. The molecule has 1 amide bonds. The van der Waals surface area contributed by atoms with Gasteiger partial charge in [-0.3, -0.25) is 19.8 Å². The minimum Gasteiger partial charge on any atom is -0.352 e. The second kappa shape index (κ2) is 8.42. The predicted octanol–water partition coefficient (Wildman–Crippen LogP) is 3.61. The molecule has 6 nitrogen and oxygen atoms in total. The summed E-state index contributed by atoms with van der Waals surface area (Å²) in [4.78, 5) is 25.3. The summed E-state index contributed by atoms with van der Waals surface area (Å²) in [7, 11) is 0. The van der Waals surface area contributed by atoms with Crippen LogP contribution in [-0.2, 0) is 6.54 Å². The second-order valence-electron chi connectivity index (χ2n) is 6.82. The first-order valence-electron chi connectivity index (χ1n) is 8.79. The maximum Gasteiger partial charge on any atom is 0.273 e. The van der Waals surface area contributed by atoms with Crippen molar-refractivity contribution < 1.29 is 9.72 Å². The molecule has 138 valence electrons. The van der Waals surface area contributed by atoms with E-state index in [0.717, 1.165) is 32.5 Å². The Morgan fingerprint density at radius 3 is 2.77 bits per heavy atom. The molecule has 0 spiro atoms. The molecule has 1 aromatic heterocycles. The molecule has 0 radical (unpaired) electrons. The van der Waals surface area contributed by atoms with Gasteiger partial charge >= 0.3 is 0 Å². The first-order valence-corrected chi connectivity index (χ1v) is 9.74. The average molecular weight is 373 g/mol. The molecule has 0 atom stereocenters. The van der Waals surface area contributed by atoms with E-state index in [4.69, 9.17) is 0 Å². The molecule has 1 aromatic carbocycles. The molecule has 1 aliphatic heterocycles. The van der Waals surface area contributed by atoms with Crippen molar-refractivity contribution in [2.45, 2.75) is 26.3 Å². The largest absolute Gasteiger partial charge is 0.352 e. The highest BCUT2D eigenvalue weighted by molar-refractivity contribution is 7.07. The van der Waals surface area contributed by atoms with E-state index in [1.54, 1.807) is 30.4 Å². The van der Waals surface area contributed by atoms with Crippen molar-refractivity contribution in [2.24, 2.45) is 5.92 Å². The Labute approximate surface area is 157 Å². The lowest BCUT2D eigenvalue weighted by Gasteiger charge is -2.31. The Morgan fingerprint density at radius 1 is 1.35 bits per heavy atom. The first-order chi connectivity index (χ1) is 12.5. The number of likely N-dealkylation sites (tertiary alicyclic amines) is 1. The molecular formula is C19H23N3O3S. The number of hydrogen-bond donors (Lipinski definition) is 1. The van der Waals surface area contributed by atoms with Crippen LogP contribution in [0.4, 0.5) is 5.69 Å². The molecule has 3 rings (SSSR count). The average Bonchev–Trinajstić information content (AvgIpc) is 3.14. The van der Waals surface area contributed by atoms with Crippen LogP contribution in [-0.4, -0.2) is 35.4 Å². The minimum absolute atomic E-state index is 0.0145. The molecule has 2 heterocycles. The van der Waals surface area contributed by atoms with E-state index >= 15 is 0 Å². The van der Waals surface area contributed by atoms with Gasteiger partial charge in [-0.2, -0.15) is 11.3 Å². The number of carbonyl (C=O) groups is 1. The van der Waals surface area contributed by atoms with Gasteiger partial charge in [-0.15, -0.1) is 0 Å². The van der Waals surface area contributed by atoms with Crippen LogP contribution < -0.4 is 5.32 Å². The van der Waals surface area contributed by atoms with Crippen molar-refractivity contribution >= 4 is 22.9 Å². The molecule has 26 heavy (non-hydrogen) atoms. The summed E-state index contributed by atoms with van der Waals surface area (Å²) in [5, 5.41) is 18.2. The van der Waals surface area contributed by atoms with Gasteiger partial charge in [-0.1, -0.05) is 6.07 Å². The lowest BCUT2D eigenvalue weighted by molar-refractivity contribution is -0.385. The van der Waals surface area contributed by atoms with Crippen LogP contribution in [0.3, 0.4) is 0 Å². The van der Waals surface area contributed by atoms with Crippen molar-refractivity contribution in [1.82, 2.24) is 10.2 Å². The molecular weight excluding hydrogens is 350 g/mol. The van der Waals surface area contributed by atoms with Crippen molar-refractivity contribution in [2.75, 3.05) is 19.6 Å². The lowest BCUT2D eigenvalue weighted by atomic mass is 9.96. The summed E-state index contributed by atoms with van der Waals surface area (Å²) in [5.41, 5.74) is 2.25. The van der Waals surface area contributed by atoms with E-state index in [1.807, 2.05) is 0 Å². The van der Waals surface area contributed by atoms with Gasteiger partial charge < -0.3 is 5.32 Å². The Morgan fingerprint density at radius 2 is 2.12 bits per heavy atom. The van der Waals surface area contributed by atoms with Crippen molar-refractivity contribution in [3.63, 3.8) is 0 Å². The fourth-order valence-electron chi connectivity index (χ4n) is 3.28. The third-order valence-corrected chi connectivity index (χ3v) is 5.64. The number of thiophene rings is 1. The van der Waals surface area contributed by atoms with E-state index in [2.05, 4.69) is 27.0 Å². The molecule has 2 aromatic rings. The number of nitro groups is 1. The Hall–Kier alpha value is -2.25. The van der Waals surface area contributed by atoms with E-state index in [1.165, 1.54) is 11.6 Å². The van der Waals surface area contributed by atoms with E-state index in [-0.39, 0.29) is 11.6 Å². The highest BCUT2D eigenvalue weighted by atomic mass is 32.1. The summed E-state index contributed by atoms with van der Waals surface area (Å²) >= 11 is 1.73. The maximum atomic E-state index is 12.3. The molecule has 0 bridgehead atoms. The van der Waals surface area contributed by atoms with Crippen molar-refractivity contribution in [3.05, 3.63) is 61.8 Å². The highest BCUT2D eigenvalue weighted by Gasteiger charge is 2.21. The van der Waals surface area contributed by atoms with Gasteiger partial charge in [-0.05, 0) is 67.2 Å². The summed E-state index contributed by atoms with van der Waals surface area (Å²) in [6.07, 6.45) is 2.11. The smallest absolute Gasteiger partial charge is 0.273 e. The van der Waals surface area contributed by atoms with Crippen LogP contribution >= 0.6 is 11.3 Å². The normalized spacial score (nSPS) is 15.7. The van der Waals surface area contributed by atoms with E-state index in [9.17, 15) is 14.9 Å². The number of aryl methyl sites for hydroxylation is 1. The van der Waals surface area contributed by atoms with Crippen LogP contribution in [0, 0.1) is 23.0 Å². The zero-order valence-corrected chi connectivity index (χ0v) is 15.6. The standard InChI is InChI=1S/C19H23N3O3S/c1-14-2-3-17(10-18(14)22(24)25)19(23)20-11-15-4-7-21(8-5-15)12-16-6-9-26-13-16/h2-3,6,9-10,13,15H,4-5,7-8,11-12H2,1H3,(H,20,23). The monoisotopic (exact) mass is 373 g/mol. The van der Waals surface area contributed by atoms with Crippen LogP contribution in [0.5, 0.6) is 0 Å². The van der Waals surface area contributed by atoms with Gasteiger partial charge in [-0.25, -0.2) is 0 Å². The number of amides is 1. The third-order valence-electron chi connectivity index (χ3n) is 4.91. The SMILES string of the molecule is Cc1ccc(C(=O)NCC2CCN(Cc3ccsc3)CC2)cc1[N+](=O)[O-]. The van der Waals surface area contributed by atoms with Crippen molar-refractivity contribution in [3.8, 4) is 0 Å². The molecule has 7 heteroatoms. The fourth-order valence-corrected chi connectivity index (χ4v) is 3.94. The van der Waals surface area contributed by atoms with E-state index in [0.29, 0.717) is 23.6 Å². The number of piperidine rings is 1. The van der Waals surface area contributed by atoms with Gasteiger partial charge in [0.05, 0.1) is 4.92 Å². The van der Waals surface area contributed by atoms with Crippen LogP contribution in [0.1, 0.15) is 34.3 Å². The number of benzene rings is 1. The molecule has 1 saturated heterocycles. The quantitative estimate of drug-likeness (QED) is 0.620. The molecule has 0 saturated carbocycles. The fraction of sp³-hybridized carbons (Fsp3) is 0.421. The van der Waals surface area contributed by atoms with Gasteiger partial charge in [0.15, 0.2) is 0 Å². The number of hydrogen-bond acceptors (Lipinski definition) is 5. The highest BCUT2D eigenvalue weighted by Crippen LogP contribution is 2.21. The summed E-state index contributed by atoms with van der Waals surface area (Å²) < 4.78 is 0. The topological polar surface area (TPSA) is 75.5 Å². The molecule has 1 aliphatic rings. The van der Waals surface area contributed by atoms with Crippen LogP contribution in [0.15, 0.2) is 35.0 Å².